The van der Waals surface area contributed by atoms with Crippen molar-refractivity contribution < 1.29 is 41.2 Å². The van der Waals surface area contributed by atoms with E-state index < -0.39 is 50.3 Å². The van der Waals surface area contributed by atoms with Gasteiger partial charge in [-0.3, -0.25) is 23.8 Å². The number of nitrogens with two attached hydrogens (primary N) is 1. The van der Waals surface area contributed by atoms with Crippen LogP contribution in [-0.2, 0) is 52.4 Å². The average Bonchev–Trinajstić information content (AvgIpc) is 3.58. The number of alkyl halides is 1. The molecule has 41 heavy (non-hydrogen) atoms. The van der Waals surface area contributed by atoms with Crippen LogP contribution in [0.4, 0.5) is 10.3 Å². The number of aromatic nitrogens is 8. The predicted octanol–water partition coefficient (Wildman–Crippen LogP) is 0.790. The number of ether oxygens (including phenoxy) is 1. The van der Waals surface area contributed by atoms with Crippen LogP contribution in [-0.4, -0.2) is 71.0 Å². The molecule has 0 aromatic carbocycles. The molecule has 6 heterocycles. The molecule has 0 radical (unpaired) electrons. The average molecular weight is 651 g/mol. The molecule has 22 heteroatoms. The SMILES string of the molecule is Nc1nc2c([nH]c[n+]2[C@@H]2O[C@@H]3COP(O)(=S)OCCCn4c(nc5cncnc54)COP(=O)(S)O[C@@H]2[C@@H]3F)c(=O)[nH]1. The second-order valence-corrected chi connectivity index (χ2v) is 14.7. The first kappa shape index (κ1) is 28.7. The van der Waals surface area contributed by atoms with Gasteiger partial charge in [-0.15, -0.1) is 0 Å². The first-order valence-electron chi connectivity index (χ1n) is 12.0. The molecule has 4 aromatic rings. The van der Waals surface area contributed by atoms with Gasteiger partial charge in [-0.2, -0.15) is 0 Å². The molecule has 0 aliphatic carbocycles. The fraction of sp³-hybridized carbons (Fsp3) is 0.474. The smallest absolute Gasteiger partial charge is 0.355 e. The summed E-state index contributed by atoms with van der Waals surface area (Å²) >= 11 is 9.17. The van der Waals surface area contributed by atoms with E-state index in [0.717, 1.165) is 0 Å². The van der Waals surface area contributed by atoms with Crippen molar-refractivity contribution in [1.82, 2.24) is 34.5 Å². The van der Waals surface area contributed by atoms with Crippen LogP contribution in [0.5, 0.6) is 0 Å². The zero-order valence-corrected chi connectivity index (χ0v) is 24.3. The van der Waals surface area contributed by atoms with Crippen LogP contribution in [0.15, 0.2) is 23.6 Å². The van der Waals surface area contributed by atoms with E-state index in [1.807, 2.05) is 0 Å². The highest BCUT2D eigenvalue weighted by molar-refractivity contribution is 8.44. The minimum atomic E-state index is -4.29. The van der Waals surface area contributed by atoms with E-state index in [1.165, 1.54) is 23.4 Å². The van der Waals surface area contributed by atoms with Crippen LogP contribution in [0.25, 0.3) is 22.3 Å². The van der Waals surface area contributed by atoms with E-state index in [1.54, 1.807) is 4.57 Å². The Morgan fingerprint density at radius 1 is 1.32 bits per heavy atom. The molecule has 0 saturated carbocycles. The number of nitrogens with one attached hydrogen (secondary N) is 2. The molecule has 17 nitrogen and oxygen atoms in total. The monoisotopic (exact) mass is 650 g/mol. The molecule has 2 bridgehead atoms. The molecule has 1 saturated heterocycles. The van der Waals surface area contributed by atoms with E-state index in [9.17, 15) is 14.3 Å². The lowest BCUT2D eigenvalue weighted by Gasteiger charge is -2.22. The first-order chi connectivity index (χ1) is 19.5. The number of anilines is 1. The molecule has 2 aliphatic rings. The van der Waals surface area contributed by atoms with Gasteiger partial charge in [0.2, 0.25) is 11.7 Å². The van der Waals surface area contributed by atoms with Crippen LogP contribution in [0, 0.1) is 0 Å². The number of hydrogen-bond donors (Lipinski definition) is 5. The fourth-order valence-electron chi connectivity index (χ4n) is 4.55. The Morgan fingerprint density at radius 2 is 2.15 bits per heavy atom. The van der Waals surface area contributed by atoms with Gasteiger partial charge in [0.25, 0.3) is 11.5 Å². The normalized spacial score (nSPS) is 31.9. The maximum Gasteiger partial charge on any atom is 0.387 e. The van der Waals surface area contributed by atoms with Crippen molar-refractivity contribution in [3.8, 4) is 0 Å². The van der Waals surface area contributed by atoms with E-state index in [4.69, 9.17) is 40.4 Å². The Hall–Kier alpha value is -2.38. The molecule has 1 fully saturated rings. The molecule has 6 atom stereocenters. The summed E-state index contributed by atoms with van der Waals surface area (Å²) in [5, 5.41) is 0. The van der Waals surface area contributed by atoms with Gasteiger partial charge in [-0.05, 0) is 18.2 Å². The summed E-state index contributed by atoms with van der Waals surface area (Å²) in [7, 11) is 0. The fourth-order valence-corrected chi connectivity index (χ4v) is 7.09. The standard InChI is InChI=1S/C19H22FN9O8P2S2/c20-12-10-5-34-38(31,40)33-3-1-2-28-11(25-9-4-22-7-23-15(9)28)6-35-39(32,41)37-14(12)18(36-10)29-8-24-13-16(29)26-19(21)27-17(13)30/h4,7-8,10,12,14,18H,1-3,5-6H2,(H5,21,26,27,30,31,32,40,41)/p+1/t10-,12-,14-,18-,38?,39?/m1/s1. The number of imidazole rings is 2. The highest BCUT2D eigenvalue weighted by atomic mass is 32.7. The lowest BCUT2D eigenvalue weighted by molar-refractivity contribution is -0.744. The number of fused-ring (bicyclic) bond motifs is 6. The maximum atomic E-state index is 15.9. The zero-order chi connectivity index (χ0) is 28.9. The molecule has 4 aromatic heterocycles. The van der Waals surface area contributed by atoms with Gasteiger partial charge in [0.15, 0.2) is 24.3 Å². The number of aryl methyl sites for hydroxylation is 1. The Balaban J connectivity index is 1.37. The van der Waals surface area contributed by atoms with Gasteiger partial charge in [0, 0.05) is 6.54 Å². The molecule has 220 valence electrons. The molecule has 2 unspecified atom stereocenters. The summed E-state index contributed by atoms with van der Waals surface area (Å²) in [6.07, 6.45) is -1.86. The van der Waals surface area contributed by atoms with Crippen molar-refractivity contribution >= 4 is 65.8 Å². The van der Waals surface area contributed by atoms with Crippen molar-refractivity contribution in [1.29, 1.82) is 0 Å². The topological polar surface area (TPSA) is 218 Å². The first-order valence-corrected chi connectivity index (χ1v) is 17.3. The summed E-state index contributed by atoms with van der Waals surface area (Å²) in [5.41, 5.74) is 6.06. The largest absolute Gasteiger partial charge is 0.387 e. The number of halogens is 1. The number of rotatable bonds is 1. The van der Waals surface area contributed by atoms with Gasteiger partial charge >= 0.3 is 19.2 Å². The molecule has 2 aliphatic heterocycles. The maximum absolute atomic E-state index is 15.9. The Labute approximate surface area is 239 Å². The molecule has 5 N–H and O–H groups in total. The van der Waals surface area contributed by atoms with E-state index in [0.29, 0.717) is 30.0 Å². The van der Waals surface area contributed by atoms with Crippen LogP contribution >= 0.6 is 25.8 Å². The van der Waals surface area contributed by atoms with E-state index >= 15 is 4.39 Å². The number of thiol groups is 1. The van der Waals surface area contributed by atoms with Crippen molar-refractivity contribution in [3.63, 3.8) is 0 Å². The second-order valence-electron chi connectivity index (χ2n) is 9.01. The summed E-state index contributed by atoms with van der Waals surface area (Å²) in [6, 6.07) is 0. The third-order valence-corrected chi connectivity index (χ3v) is 9.54. The van der Waals surface area contributed by atoms with Crippen LogP contribution < -0.4 is 15.9 Å². The van der Waals surface area contributed by atoms with Gasteiger partial charge < -0.3 is 29.0 Å². The Bertz CT molecular complexity index is 1770. The predicted molar refractivity (Wildman–Crippen MR) is 145 cm³/mol. The van der Waals surface area contributed by atoms with Crippen molar-refractivity contribution in [2.75, 3.05) is 18.9 Å². The molecule has 0 spiro atoms. The quantitative estimate of drug-likeness (QED) is 0.109. The van der Waals surface area contributed by atoms with Crippen molar-refractivity contribution in [2.45, 2.75) is 44.2 Å². The third kappa shape index (κ3) is 5.81. The number of nitrogen functional groups attached to an aromatic ring is 1. The van der Waals surface area contributed by atoms with Crippen LogP contribution in [0.3, 0.4) is 0 Å². The van der Waals surface area contributed by atoms with Crippen molar-refractivity contribution in [2.24, 2.45) is 0 Å². The summed E-state index contributed by atoms with van der Waals surface area (Å²) in [4.78, 5) is 44.7. The number of H-pyrrole nitrogens is 2. The lowest BCUT2D eigenvalue weighted by atomic mass is 10.1. The van der Waals surface area contributed by atoms with E-state index in [-0.39, 0.29) is 30.3 Å². The van der Waals surface area contributed by atoms with Gasteiger partial charge in [-0.1, -0.05) is 17.2 Å². The number of nitrogens with zero attached hydrogens (tertiary/aromatic N) is 6. The Kier molecular flexibility index (Phi) is 7.73. The van der Waals surface area contributed by atoms with E-state index in [2.05, 4.69) is 42.2 Å². The zero-order valence-electron chi connectivity index (χ0n) is 20.8. The molecule has 6 rings (SSSR count). The third-order valence-electron chi connectivity index (χ3n) is 6.33. The van der Waals surface area contributed by atoms with Gasteiger partial charge in [-0.25, -0.2) is 28.5 Å². The minimum absolute atomic E-state index is 0.00431. The summed E-state index contributed by atoms with van der Waals surface area (Å²) in [6.45, 7) is -8.66. The highest BCUT2D eigenvalue weighted by Crippen LogP contribution is 2.57. The number of aromatic amines is 2. The van der Waals surface area contributed by atoms with Gasteiger partial charge in [0.1, 0.15) is 30.4 Å². The number of hydrogen-bond acceptors (Lipinski definition) is 13. The minimum Gasteiger partial charge on any atom is -0.355 e. The summed E-state index contributed by atoms with van der Waals surface area (Å²) in [5.74, 6) is 0.103. The summed E-state index contributed by atoms with van der Waals surface area (Å²) < 4.78 is 60.0. The van der Waals surface area contributed by atoms with Gasteiger partial charge in [0.05, 0.1) is 19.4 Å². The lowest BCUT2D eigenvalue weighted by Crippen LogP contribution is -2.46. The van der Waals surface area contributed by atoms with Crippen LogP contribution in [0.1, 0.15) is 18.5 Å². The van der Waals surface area contributed by atoms with Crippen molar-refractivity contribution in [3.05, 3.63) is 35.0 Å². The molecular formula is C19H23FN9O8P2S2+. The highest BCUT2D eigenvalue weighted by Gasteiger charge is 2.52. The Morgan fingerprint density at radius 3 is 2.98 bits per heavy atom. The second kappa shape index (κ2) is 11.0. The molecule has 0 amide bonds. The van der Waals surface area contributed by atoms with Crippen LogP contribution in [0.2, 0.25) is 0 Å². The molecular weight excluding hydrogens is 627 g/mol.